The number of benzene rings is 7. The van der Waals surface area contributed by atoms with Crippen molar-refractivity contribution in [1.82, 2.24) is 0 Å². The zero-order valence-electron chi connectivity index (χ0n) is 25.5. The largest absolute Gasteiger partial charge is 0.309 e. The van der Waals surface area contributed by atoms with E-state index in [0.29, 0.717) is 0 Å². The minimum absolute atomic E-state index is 0.0798. The molecular weight excluding hydrogens is 595 g/mol. The molecule has 9 aromatic rings. The molecule has 2 heterocycles. The van der Waals surface area contributed by atoms with E-state index in [2.05, 4.69) is 158 Å². The molecule has 1 aliphatic carbocycles. The average Bonchev–Trinajstić information content (AvgIpc) is 3.73. The summed E-state index contributed by atoms with van der Waals surface area (Å²) in [4.78, 5) is 2.53. The number of fused-ring (bicyclic) bond motifs is 11. The summed E-state index contributed by atoms with van der Waals surface area (Å²) >= 11 is 3.76. The lowest BCUT2D eigenvalue weighted by Gasteiger charge is -2.30. The Kier molecular flexibility index (Phi) is 5.44. The van der Waals surface area contributed by atoms with Gasteiger partial charge in [0.15, 0.2) is 0 Å². The van der Waals surface area contributed by atoms with Gasteiger partial charge >= 0.3 is 0 Å². The van der Waals surface area contributed by atoms with Crippen LogP contribution >= 0.6 is 22.7 Å². The fourth-order valence-corrected chi connectivity index (χ4v) is 10.2. The van der Waals surface area contributed by atoms with Gasteiger partial charge in [-0.25, -0.2) is 0 Å². The molecule has 0 unspecified atom stereocenters. The Morgan fingerprint density at radius 2 is 1.09 bits per heavy atom. The highest BCUT2D eigenvalue weighted by Crippen LogP contribution is 2.55. The molecule has 1 nitrogen and oxygen atoms in total. The molecule has 10 rings (SSSR count). The maximum Gasteiger partial charge on any atom is 0.0543 e. The molecule has 0 amide bonds. The van der Waals surface area contributed by atoms with Gasteiger partial charge in [0.1, 0.15) is 0 Å². The Bertz CT molecular complexity index is 2690. The van der Waals surface area contributed by atoms with Crippen LogP contribution in [0.15, 0.2) is 140 Å². The first-order valence-electron chi connectivity index (χ1n) is 15.9. The van der Waals surface area contributed by atoms with Crippen LogP contribution in [0.2, 0.25) is 0 Å². The second kappa shape index (κ2) is 9.53. The van der Waals surface area contributed by atoms with Crippen LogP contribution in [0.25, 0.3) is 62.2 Å². The van der Waals surface area contributed by atoms with Crippen LogP contribution in [0.3, 0.4) is 0 Å². The lowest BCUT2D eigenvalue weighted by Crippen LogP contribution is -2.16. The van der Waals surface area contributed by atoms with Crippen molar-refractivity contribution < 1.29 is 0 Å². The topological polar surface area (TPSA) is 3.24 Å². The number of nitrogens with zero attached hydrogens (tertiary/aromatic N) is 1. The van der Waals surface area contributed by atoms with Crippen LogP contribution in [-0.2, 0) is 5.41 Å². The highest BCUT2D eigenvalue weighted by Gasteiger charge is 2.37. The zero-order valence-corrected chi connectivity index (χ0v) is 27.2. The van der Waals surface area contributed by atoms with Gasteiger partial charge in [0, 0.05) is 62.4 Å². The molecule has 218 valence electrons. The van der Waals surface area contributed by atoms with Crippen molar-refractivity contribution in [3.63, 3.8) is 0 Å². The van der Waals surface area contributed by atoms with Crippen molar-refractivity contribution >= 4 is 90.9 Å². The third kappa shape index (κ3) is 3.56. The quantitative estimate of drug-likeness (QED) is 0.189. The molecule has 0 aliphatic heterocycles. The predicted molar refractivity (Wildman–Crippen MR) is 202 cm³/mol. The van der Waals surface area contributed by atoms with E-state index in [0.717, 1.165) is 0 Å². The van der Waals surface area contributed by atoms with E-state index in [9.17, 15) is 0 Å². The normalized spacial score (nSPS) is 13.6. The van der Waals surface area contributed by atoms with E-state index in [-0.39, 0.29) is 5.41 Å². The second-order valence-corrected chi connectivity index (χ2v) is 15.1. The fraction of sp³-hybridized carbons (Fsp3) is 0.0698. The number of anilines is 3. The standard InChI is InChI=1S/C43H29NS2/c1-43(2)33-15-6-3-12-31(33)42-34(43)16-10-18-36(42)44(26-21-22-29-28-11-4-7-19-37(28)46-40(29)25-26)35-17-9-14-30-27(35)23-24-39-41(30)32-13-5-8-20-38(32)45-39/h3-25H,1-2H3. The maximum atomic E-state index is 2.53. The molecule has 3 heteroatoms. The van der Waals surface area contributed by atoms with Crippen molar-refractivity contribution in [1.29, 1.82) is 0 Å². The molecule has 0 radical (unpaired) electrons. The van der Waals surface area contributed by atoms with Gasteiger partial charge in [0.25, 0.3) is 0 Å². The summed E-state index contributed by atoms with van der Waals surface area (Å²) in [7, 11) is 0. The molecule has 0 bridgehead atoms. The molecule has 0 saturated heterocycles. The summed E-state index contributed by atoms with van der Waals surface area (Å²) in [5, 5.41) is 7.89. The monoisotopic (exact) mass is 623 g/mol. The lowest BCUT2D eigenvalue weighted by molar-refractivity contribution is 0.660. The first kappa shape index (κ1) is 26.3. The summed E-state index contributed by atoms with van der Waals surface area (Å²) < 4.78 is 5.31. The Labute approximate surface area is 275 Å². The van der Waals surface area contributed by atoms with Crippen molar-refractivity contribution in [3.8, 4) is 11.1 Å². The summed E-state index contributed by atoms with van der Waals surface area (Å²) in [5.74, 6) is 0. The molecule has 0 atom stereocenters. The van der Waals surface area contributed by atoms with Gasteiger partial charge < -0.3 is 4.90 Å². The minimum atomic E-state index is -0.0798. The molecule has 1 aliphatic rings. The van der Waals surface area contributed by atoms with E-state index in [1.54, 1.807) is 0 Å². The van der Waals surface area contributed by atoms with Crippen molar-refractivity contribution in [3.05, 3.63) is 151 Å². The van der Waals surface area contributed by atoms with Gasteiger partial charge in [-0.2, -0.15) is 0 Å². The van der Waals surface area contributed by atoms with Crippen LogP contribution < -0.4 is 4.90 Å². The molecule has 2 aromatic heterocycles. The molecule has 0 spiro atoms. The molecule has 0 saturated carbocycles. The smallest absolute Gasteiger partial charge is 0.0543 e. The van der Waals surface area contributed by atoms with E-state index >= 15 is 0 Å². The van der Waals surface area contributed by atoms with E-state index < -0.39 is 0 Å². The third-order valence-electron chi connectivity index (χ3n) is 10.1. The third-order valence-corrected chi connectivity index (χ3v) is 12.3. The van der Waals surface area contributed by atoms with Crippen LogP contribution in [-0.4, -0.2) is 0 Å². The fourth-order valence-electron chi connectivity index (χ4n) is 7.94. The summed E-state index contributed by atoms with van der Waals surface area (Å²) in [6.07, 6.45) is 0. The first-order valence-corrected chi connectivity index (χ1v) is 17.5. The van der Waals surface area contributed by atoms with Gasteiger partial charge in [-0.1, -0.05) is 111 Å². The second-order valence-electron chi connectivity index (χ2n) is 12.9. The first-order chi connectivity index (χ1) is 22.6. The molecule has 46 heavy (non-hydrogen) atoms. The van der Waals surface area contributed by atoms with Gasteiger partial charge in [-0.15, -0.1) is 22.7 Å². The Balaban J connectivity index is 1.31. The highest BCUT2D eigenvalue weighted by molar-refractivity contribution is 7.26. The van der Waals surface area contributed by atoms with Crippen LogP contribution in [0.5, 0.6) is 0 Å². The van der Waals surface area contributed by atoms with Gasteiger partial charge in [0.05, 0.1) is 11.4 Å². The predicted octanol–water partition coefficient (Wildman–Crippen LogP) is 13.4. The number of hydrogen-bond acceptors (Lipinski definition) is 3. The van der Waals surface area contributed by atoms with Crippen molar-refractivity contribution in [2.24, 2.45) is 0 Å². The Hall–Kier alpha value is -4.96. The van der Waals surface area contributed by atoms with E-state index in [1.165, 1.54) is 90.4 Å². The van der Waals surface area contributed by atoms with E-state index in [1.807, 2.05) is 22.7 Å². The molecule has 7 aromatic carbocycles. The number of rotatable bonds is 3. The number of hydrogen-bond donors (Lipinski definition) is 0. The van der Waals surface area contributed by atoms with Gasteiger partial charge in [-0.05, 0) is 64.5 Å². The van der Waals surface area contributed by atoms with Crippen LogP contribution in [0.1, 0.15) is 25.0 Å². The molecule has 0 N–H and O–H groups in total. The van der Waals surface area contributed by atoms with Gasteiger partial charge in [0.2, 0.25) is 0 Å². The zero-order chi connectivity index (χ0) is 30.6. The Morgan fingerprint density at radius 1 is 0.457 bits per heavy atom. The Morgan fingerprint density at radius 3 is 1.98 bits per heavy atom. The number of thiophene rings is 2. The molecule has 0 fully saturated rings. The summed E-state index contributed by atoms with van der Waals surface area (Å²) in [5.41, 5.74) is 8.95. The van der Waals surface area contributed by atoms with Crippen molar-refractivity contribution in [2.45, 2.75) is 19.3 Å². The minimum Gasteiger partial charge on any atom is -0.309 e. The van der Waals surface area contributed by atoms with Gasteiger partial charge in [-0.3, -0.25) is 0 Å². The summed E-state index contributed by atoms with van der Waals surface area (Å²) in [6, 6.07) is 52.1. The molecular formula is C43H29NS2. The van der Waals surface area contributed by atoms with Crippen LogP contribution in [0.4, 0.5) is 17.1 Å². The highest BCUT2D eigenvalue weighted by atomic mass is 32.1. The van der Waals surface area contributed by atoms with E-state index in [4.69, 9.17) is 0 Å². The average molecular weight is 624 g/mol. The summed E-state index contributed by atoms with van der Waals surface area (Å²) in [6.45, 7) is 4.73. The SMILES string of the molecule is CC1(C)c2ccccc2-c2c(N(c3ccc4c(c3)sc3ccccc34)c3cccc4c3ccc3sc5ccccc5c34)cccc21. The van der Waals surface area contributed by atoms with Crippen LogP contribution in [0, 0.1) is 0 Å². The van der Waals surface area contributed by atoms with Crippen molar-refractivity contribution in [2.75, 3.05) is 4.90 Å². The lowest BCUT2D eigenvalue weighted by atomic mass is 9.82. The maximum absolute atomic E-state index is 2.53.